The maximum atomic E-state index is 13.4. The number of carbonyl (C=O) groups is 1. The number of nitrogens with two attached hydrogens (primary N) is 2. The van der Waals surface area contributed by atoms with Crippen LogP contribution in [0.25, 0.3) is 22.9 Å². The average Bonchev–Trinajstić information content (AvgIpc) is 3.51. The Labute approximate surface area is 237 Å². The van der Waals surface area contributed by atoms with E-state index in [4.69, 9.17) is 16.5 Å². The number of benzene rings is 1. The van der Waals surface area contributed by atoms with Crippen LogP contribution in [0.15, 0.2) is 84.5 Å². The van der Waals surface area contributed by atoms with E-state index in [1.54, 1.807) is 40.6 Å². The average molecular weight is 547 g/mol. The van der Waals surface area contributed by atoms with Crippen LogP contribution in [-0.2, 0) is 20.5 Å². The minimum atomic E-state index is -0.584. The number of fused-ring (bicyclic) bond motifs is 1. The van der Waals surface area contributed by atoms with Crippen LogP contribution in [-0.4, -0.2) is 34.9 Å². The Balaban J connectivity index is 0.000000234. The van der Waals surface area contributed by atoms with Crippen LogP contribution in [0.5, 0.6) is 0 Å². The number of hydrogen-bond acceptors (Lipinski definition) is 6. The van der Waals surface area contributed by atoms with Crippen molar-refractivity contribution in [2.45, 2.75) is 13.3 Å². The van der Waals surface area contributed by atoms with Gasteiger partial charge in [0.15, 0.2) is 5.82 Å². The van der Waals surface area contributed by atoms with Gasteiger partial charge in [-0.2, -0.15) is 10.2 Å². The van der Waals surface area contributed by atoms with Crippen LogP contribution in [0.3, 0.4) is 0 Å². The number of allylic oxidation sites excluding steroid dienone is 2. The Bertz CT molecular complexity index is 1880. The molecule has 0 fully saturated rings. The fourth-order valence-electron chi connectivity index (χ4n) is 4.26. The lowest BCUT2D eigenvalue weighted by atomic mass is 10.0. The fraction of sp³-hybridized carbons (Fsp3) is 0.129. The monoisotopic (exact) mass is 546 g/mol. The number of aromatic nitrogens is 6. The first-order chi connectivity index (χ1) is 19.7. The number of nitrogens with zero attached hydrogens (tertiary/aromatic N) is 6. The van der Waals surface area contributed by atoms with Crippen molar-refractivity contribution in [3.05, 3.63) is 118 Å². The van der Waals surface area contributed by atoms with Gasteiger partial charge in [-0.15, -0.1) is 0 Å². The molecule has 5 aromatic rings. The molecule has 4 N–H and O–H groups in total. The lowest BCUT2D eigenvalue weighted by Gasteiger charge is -2.11. The standard InChI is InChI=1S/C22H18N4O.C9H12N4O/c1-3-19-21(17-8-5-4-6-9-17)22(27)26-18(10-7-11-20(26)24-19)13-12-16-14-23-25(2)15-16;1-3-4-5-6-7(9(11)14)8(10)12-13(6)2/h4-11,14-15H,3H2,1-2H3;3-5H,1H2,2H3,(H2,10,12)(H2,11,14)/b;5-4-. The summed E-state index contributed by atoms with van der Waals surface area (Å²) in [7, 11) is 3.53. The first-order valence-corrected chi connectivity index (χ1v) is 12.8. The molecule has 4 aromatic heterocycles. The molecule has 0 aliphatic heterocycles. The molecular formula is C31H30N8O2. The van der Waals surface area contributed by atoms with Crippen molar-refractivity contribution in [3.63, 3.8) is 0 Å². The molecule has 10 nitrogen and oxygen atoms in total. The maximum absolute atomic E-state index is 13.4. The van der Waals surface area contributed by atoms with Crippen molar-refractivity contribution >= 4 is 23.4 Å². The summed E-state index contributed by atoms with van der Waals surface area (Å²) in [6.45, 7) is 5.53. The van der Waals surface area contributed by atoms with Crippen molar-refractivity contribution < 1.29 is 4.79 Å². The van der Waals surface area contributed by atoms with E-state index in [0.717, 1.165) is 16.8 Å². The molecule has 0 atom stereocenters. The van der Waals surface area contributed by atoms with Crippen LogP contribution in [0.1, 0.15) is 39.9 Å². The number of rotatable bonds is 5. The number of anilines is 1. The quantitative estimate of drug-likeness (QED) is 0.256. The number of primary amides is 1. The lowest BCUT2D eigenvalue weighted by Crippen LogP contribution is -2.21. The van der Waals surface area contributed by atoms with Gasteiger partial charge in [0.05, 0.1) is 28.7 Å². The van der Waals surface area contributed by atoms with Crippen LogP contribution < -0.4 is 17.0 Å². The molecule has 0 aliphatic carbocycles. The van der Waals surface area contributed by atoms with Gasteiger partial charge in [0, 0.05) is 20.3 Å². The predicted octanol–water partition coefficient (Wildman–Crippen LogP) is 3.36. The zero-order valence-electron chi connectivity index (χ0n) is 23.1. The smallest absolute Gasteiger partial charge is 0.267 e. The van der Waals surface area contributed by atoms with Gasteiger partial charge >= 0.3 is 0 Å². The normalized spacial score (nSPS) is 10.6. The highest BCUT2D eigenvalue weighted by atomic mass is 16.1. The van der Waals surface area contributed by atoms with E-state index in [1.165, 1.54) is 4.68 Å². The highest BCUT2D eigenvalue weighted by Crippen LogP contribution is 2.20. The largest absolute Gasteiger partial charge is 0.382 e. The minimum absolute atomic E-state index is 0.0980. The third-order valence-corrected chi connectivity index (χ3v) is 6.12. The molecule has 0 saturated carbocycles. The van der Waals surface area contributed by atoms with E-state index >= 15 is 0 Å². The van der Waals surface area contributed by atoms with E-state index in [2.05, 4.69) is 28.6 Å². The van der Waals surface area contributed by atoms with Gasteiger partial charge in [-0.25, -0.2) is 4.98 Å². The first kappa shape index (κ1) is 28.3. The molecule has 1 aromatic carbocycles. The van der Waals surface area contributed by atoms with Gasteiger partial charge in [-0.1, -0.05) is 68.0 Å². The van der Waals surface area contributed by atoms with Crippen molar-refractivity contribution in [2.24, 2.45) is 19.8 Å². The molecule has 0 spiro atoms. The second-order valence-electron chi connectivity index (χ2n) is 8.94. The van der Waals surface area contributed by atoms with E-state index in [-0.39, 0.29) is 16.9 Å². The molecule has 0 aliphatic rings. The summed E-state index contributed by atoms with van der Waals surface area (Å²) in [5.74, 6) is 5.72. The molecule has 206 valence electrons. The van der Waals surface area contributed by atoms with Gasteiger partial charge in [0.25, 0.3) is 11.5 Å². The molecule has 1 amide bonds. The summed E-state index contributed by atoms with van der Waals surface area (Å²) in [5.41, 5.74) is 15.7. The SMILES string of the molecule is C=C/C=C\c1c(C(N)=O)c(N)nn1C.CCc1nc2cccc(C#Cc3cnn(C)c3)n2c(=O)c1-c1ccccc1. The number of amides is 1. The second kappa shape index (κ2) is 12.4. The number of pyridine rings is 1. The van der Waals surface area contributed by atoms with Crippen molar-refractivity contribution in [1.82, 2.24) is 28.9 Å². The van der Waals surface area contributed by atoms with Crippen molar-refractivity contribution in [2.75, 3.05) is 5.73 Å². The number of hydrogen-bond donors (Lipinski definition) is 2. The minimum Gasteiger partial charge on any atom is -0.382 e. The molecule has 0 bridgehead atoms. The number of carbonyl (C=O) groups excluding carboxylic acids is 1. The van der Waals surface area contributed by atoms with Crippen molar-refractivity contribution in [1.29, 1.82) is 0 Å². The van der Waals surface area contributed by atoms with E-state index in [0.29, 0.717) is 29.0 Å². The van der Waals surface area contributed by atoms with E-state index in [9.17, 15) is 9.59 Å². The maximum Gasteiger partial charge on any atom is 0.267 e. The van der Waals surface area contributed by atoms with Crippen LogP contribution >= 0.6 is 0 Å². The summed E-state index contributed by atoms with van der Waals surface area (Å²) < 4.78 is 4.78. The van der Waals surface area contributed by atoms with E-state index in [1.807, 2.05) is 68.7 Å². The van der Waals surface area contributed by atoms with Gasteiger partial charge in [-0.05, 0) is 36.1 Å². The topological polar surface area (TPSA) is 139 Å². The summed E-state index contributed by atoms with van der Waals surface area (Å²) in [5, 5.41) is 8.01. The zero-order chi connectivity index (χ0) is 29.5. The summed E-state index contributed by atoms with van der Waals surface area (Å²) in [6.07, 6.45) is 9.17. The molecular weight excluding hydrogens is 516 g/mol. The molecule has 0 radical (unpaired) electrons. The Hall–Kier alpha value is -5.69. The van der Waals surface area contributed by atoms with E-state index < -0.39 is 5.91 Å². The molecule has 5 rings (SSSR count). The molecule has 0 saturated heterocycles. The number of aryl methyl sites for hydroxylation is 3. The lowest BCUT2D eigenvalue weighted by molar-refractivity contribution is 0.100. The molecule has 0 unspecified atom stereocenters. The Morgan fingerprint density at radius 1 is 1.10 bits per heavy atom. The van der Waals surface area contributed by atoms with Gasteiger partial charge in [0.1, 0.15) is 16.9 Å². The fourth-order valence-corrected chi connectivity index (χ4v) is 4.26. The molecule has 10 heteroatoms. The summed E-state index contributed by atoms with van der Waals surface area (Å²) in [6, 6.07) is 15.2. The Morgan fingerprint density at radius 2 is 1.85 bits per heavy atom. The first-order valence-electron chi connectivity index (χ1n) is 12.8. The van der Waals surface area contributed by atoms with Gasteiger partial charge in [0.2, 0.25) is 0 Å². The Morgan fingerprint density at radius 3 is 2.49 bits per heavy atom. The van der Waals surface area contributed by atoms with Crippen LogP contribution in [0.4, 0.5) is 5.82 Å². The molecule has 4 heterocycles. The van der Waals surface area contributed by atoms with Crippen molar-refractivity contribution in [3.8, 4) is 23.0 Å². The highest BCUT2D eigenvalue weighted by molar-refractivity contribution is 6.00. The third kappa shape index (κ3) is 6.15. The Kier molecular flexibility index (Phi) is 8.60. The molecule has 41 heavy (non-hydrogen) atoms. The van der Waals surface area contributed by atoms with Gasteiger partial charge in [-0.3, -0.25) is 23.4 Å². The zero-order valence-corrected chi connectivity index (χ0v) is 23.1. The third-order valence-electron chi connectivity index (χ3n) is 6.12. The number of nitrogen functional groups attached to an aromatic ring is 1. The summed E-state index contributed by atoms with van der Waals surface area (Å²) >= 11 is 0. The van der Waals surface area contributed by atoms with Crippen LogP contribution in [0, 0.1) is 11.8 Å². The van der Waals surface area contributed by atoms with Gasteiger partial charge < -0.3 is 11.5 Å². The summed E-state index contributed by atoms with van der Waals surface area (Å²) in [4.78, 5) is 29.2. The highest BCUT2D eigenvalue weighted by Gasteiger charge is 2.16. The van der Waals surface area contributed by atoms with Crippen LogP contribution in [0.2, 0.25) is 0 Å². The second-order valence-corrected chi connectivity index (χ2v) is 8.94. The predicted molar refractivity (Wildman–Crippen MR) is 161 cm³/mol.